The van der Waals surface area contributed by atoms with E-state index in [-0.39, 0.29) is 6.42 Å². The summed E-state index contributed by atoms with van der Waals surface area (Å²) in [5, 5.41) is 0. The number of hydrogen-bond donors (Lipinski definition) is 1. The summed E-state index contributed by atoms with van der Waals surface area (Å²) >= 11 is 0. The molecule has 0 heterocycles. The minimum atomic E-state index is -4.19. The highest BCUT2D eigenvalue weighted by atomic mass is 19.4. The van der Waals surface area contributed by atoms with Gasteiger partial charge in [0.05, 0.1) is 6.42 Å². The Kier molecular flexibility index (Phi) is 4.20. The minimum absolute atomic E-state index is 0.275. The normalized spacial score (nSPS) is 13.8. The van der Waals surface area contributed by atoms with E-state index in [1.165, 1.54) is 0 Å². The molecule has 0 aliphatic rings. The Morgan fingerprint density at radius 3 is 2.00 bits per heavy atom. The van der Waals surface area contributed by atoms with Gasteiger partial charge in [0.15, 0.2) is 0 Å². The van der Waals surface area contributed by atoms with Crippen molar-refractivity contribution < 1.29 is 13.2 Å². The van der Waals surface area contributed by atoms with E-state index in [1.807, 2.05) is 32.9 Å². The number of aryl methyl sites for hydroxylation is 3. The standard InChI is InChI=1S/C13H18F3N/c1-8-4-9(2)12(10(3)5-8)6-11(17)7-13(14,15)16/h4-5,11H,6-7,17H2,1-3H3. The molecule has 1 aromatic carbocycles. The molecule has 1 aromatic rings. The van der Waals surface area contributed by atoms with Gasteiger partial charge in [-0.1, -0.05) is 17.7 Å². The largest absolute Gasteiger partial charge is 0.390 e. The average molecular weight is 245 g/mol. The molecule has 1 unspecified atom stereocenters. The van der Waals surface area contributed by atoms with Crippen LogP contribution in [0, 0.1) is 20.8 Å². The first-order chi connectivity index (χ1) is 7.69. The Morgan fingerprint density at radius 2 is 1.59 bits per heavy atom. The molecule has 0 saturated carbocycles. The maximum Gasteiger partial charge on any atom is 0.390 e. The molecule has 1 nitrogen and oxygen atoms in total. The SMILES string of the molecule is Cc1cc(C)c(CC(N)CC(F)(F)F)c(C)c1. The Bertz CT molecular complexity index is 373. The topological polar surface area (TPSA) is 26.0 Å². The fourth-order valence-corrected chi connectivity index (χ4v) is 2.16. The highest BCUT2D eigenvalue weighted by Gasteiger charge is 2.30. The lowest BCUT2D eigenvalue weighted by molar-refractivity contribution is -0.138. The first-order valence-electron chi connectivity index (χ1n) is 5.58. The van der Waals surface area contributed by atoms with E-state index in [1.54, 1.807) is 0 Å². The predicted molar refractivity (Wildman–Crippen MR) is 63.0 cm³/mol. The summed E-state index contributed by atoms with van der Waals surface area (Å²) in [6.07, 6.45) is -4.84. The molecule has 0 fully saturated rings. The molecule has 0 spiro atoms. The number of benzene rings is 1. The Morgan fingerprint density at radius 1 is 1.12 bits per heavy atom. The fraction of sp³-hybridized carbons (Fsp3) is 0.538. The maximum atomic E-state index is 12.2. The first-order valence-corrected chi connectivity index (χ1v) is 5.58. The third kappa shape index (κ3) is 4.38. The molecule has 1 rings (SSSR count). The van der Waals surface area contributed by atoms with Crippen molar-refractivity contribution in [2.24, 2.45) is 5.73 Å². The summed E-state index contributed by atoms with van der Waals surface area (Å²) in [4.78, 5) is 0. The van der Waals surface area contributed by atoms with Crippen LogP contribution in [-0.4, -0.2) is 12.2 Å². The van der Waals surface area contributed by atoms with E-state index < -0.39 is 18.6 Å². The molecule has 17 heavy (non-hydrogen) atoms. The van der Waals surface area contributed by atoms with Gasteiger partial charge in [0, 0.05) is 6.04 Å². The van der Waals surface area contributed by atoms with Crippen LogP contribution in [0.4, 0.5) is 13.2 Å². The smallest absolute Gasteiger partial charge is 0.327 e. The quantitative estimate of drug-likeness (QED) is 0.867. The molecule has 0 amide bonds. The molecule has 96 valence electrons. The number of alkyl halides is 3. The van der Waals surface area contributed by atoms with Gasteiger partial charge in [0.2, 0.25) is 0 Å². The van der Waals surface area contributed by atoms with Crippen LogP contribution in [0.3, 0.4) is 0 Å². The predicted octanol–water partition coefficient (Wildman–Crippen LogP) is 3.43. The van der Waals surface area contributed by atoms with Crippen LogP contribution in [-0.2, 0) is 6.42 Å². The van der Waals surface area contributed by atoms with Crippen LogP contribution in [0.5, 0.6) is 0 Å². The molecule has 0 aromatic heterocycles. The lowest BCUT2D eigenvalue weighted by atomic mass is 9.93. The molecule has 0 saturated heterocycles. The molecule has 0 aliphatic heterocycles. The van der Waals surface area contributed by atoms with E-state index >= 15 is 0 Å². The Labute approximate surface area is 99.8 Å². The summed E-state index contributed by atoms with van der Waals surface area (Å²) in [6.45, 7) is 5.80. The van der Waals surface area contributed by atoms with Crippen LogP contribution >= 0.6 is 0 Å². The number of rotatable bonds is 3. The lowest BCUT2D eigenvalue weighted by Crippen LogP contribution is -2.30. The molecular weight excluding hydrogens is 227 g/mol. The van der Waals surface area contributed by atoms with E-state index in [0.717, 1.165) is 22.3 Å². The summed E-state index contributed by atoms with van der Waals surface area (Å²) < 4.78 is 36.6. The average Bonchev–Trinajstić information content (AvgIpc) is 2.08. The zero-order chi connectivity index (χ0) is 13.2. The van der Waals surface area contributed by atoms with Gasteiger partial charge in [-0.15, -0.1) is 0 Å². The Balaban J connectivity index is 2.82. The van der Waals surface area contributed by atoms with Gasteiger partial charge in [0.1, 0.15) is 0 Å². The number of nitrogens with two attached hydrogens (primary N) is 1. The summed E-state index contributed by atoms with van der Waals surface area (Å²) in [7, 11) is 0. The van der Waals surface area contributed by atoms with Gasteiger partial charge < -0.3 is 5.73 Å². The van der Waals surface area contributed by atoms with E-state index in [2.05, 4.69) is 0 Å². The van der Waals surface area contributed by atoms with Crippen LogP contribution in [0.15, 0.2) is 12.1 Å². The van der Waals surface area contributed by atoms with Crippen LogP contribution in [0.1, 0.15) is 28.7 Å². The van der Waals surface area contributed by atoms with E-state index in [4.69, 9.17) is 5.73 Å². The van der Waals surface area contributed by atoms with E-state index in [9.17, 15) is 13.2 Å². The van der Waals surface area contributed by atoms with Crippen LogP contribution < -0.4 is 5.73 Å². The second kappa shape index (κ2) is 5.08. The minimum Gasteiger partial charge on any atom is -0.327 e. The van der Waals surface area contributed by atoms with Crippen LogP contribution in [0.25, 0.3) is 0 Å². The zero-order valence-electron chi connectivity index (χ0n) is 10.4. The van der Waals surface area contributed by atoms with Crippen LogP contribution in [0.2, 0.25) is 0 Å². The molecule has 0 bridgehead atoms. The highest BCUT2D eigenvalue weighted by molar-refractivity contribution is 5.37. The molecule has 4 heteroatoms. The second-order valence-corrected chi connectivity index (χ2v) is 4.66. The van der Waals surface area contributed by atoms with Gasteiger partial charge in [-0.05, 0) is 43.9 Å². The molecule has 0 radical (unpaired) electrons. The van der Waals surface area contributed by atoms with Gasteiger partial charge >= 0.3 is 6.18 Å². The molecule has 2 N–H and O–H groups in total. The molecule has 0 aliphatic carbocycles. The molecule has 1 atom stereocenters. The van der Waals surface area contributed by atoms with Gasteiger partial charge in [-0.3, -0.25) is 0 Å². The lowest BCUT2D eigenvalue weighted by Gasteiger charge is -2.17. The van der Waals surface area contributed by atoms with Gasteiger partial charge in [-0.2, -0.15) is 13.2 Å². The van der Waals surface area contributed by atoms with Crippen molar-refractivity contribution in [1.29, 1.82) is 0 Å². The number of halogens is 3. The van der Waals surface area contributed by atoms with Crippen molar-refractivity contribution >= 4 is 0 Å². The van der Waals surface area contributed by atoms with Crippen molar-refractivity contribution in [3.8, 4) is 0 Å². The highest BCUT2D eigenvalue weighted by Crippen LogP contribution is 2.24. The first kappa shape index (κ1) is 14.0. The summed E-state index contributed by atoms with van der Waals surface area (Å²) in [6, 6.07) is 3.08. The van der Waals surface area contributed by atoms with Crippen molar-refractivity contribution in [3.63, 3.8) is 0 Å². The van der Waals surface area contributed by atoms with Crippen molar-refractivity contribution in [3.05, 3.63) is 34.4 Å². The van der Waals surface area contributed by atoms with E-state index in [0.29, 0.717) is 0 Å². The number of hydrogen-bond acceptors (Lipinski definition) is 1. The van der Waals surface area contributed by atoms with Crippen molar-refractivity contribution in [2.75, 3.05) is 0 Å². The maximum absolute atomic E-state index is 12.2. The third-order valence-electron chi connectivity index (χ3n) is 2.80. The molecular formula is C13H18F3N. The van der Waals surface area contributed by atoms with Gasteiger partial charge in [0.25, 0.3) is 0 Å². The second-order valence-electron chi connectivity index (χ2n) is 4.66. The Hall–Kier alpha value is -1.03. The zero-order valence-corrected chi connectivity index (χ0v) is 10.4. The summed E-state index contributed by atoms with van der Waals surface area (Å²) in [5.74, 6) is 0. The van der Waals surface area contributed by atoms with Crippen molar-refractivity contribution in [1.82, 2.24) is 0 Å². The van der Waals surface area contributed by atoms with Crippen molar-refractivity contribution in [2.45, 2.75) is 45.8 Å². The third-order valence-corrected chi connectivity index (χ3v) is 2.80. The van der Waals surface area contributed by atoms with Gasteiger partial charge in [-0.25, -0.2) is 0 Å². The monoisotopic (exact) mass is 245 g/mol. The fourth-order valence-electron chi connectivity index (χ4n) is 2.16. The summed E-state index contributed by atoms with van der Waals surface area (Å²) in [5.41, 5.74) is 9.63.